The van der Waals surface area contributed by atoms with E-state index in [9.17, 15) is 4.79 Å². The van der Waals surface area contributed by atoms with Gasteiger partial charge >= 0.3 is 6.03 Å². The minimum Gasteiger partial charge on any atom is -0.384 e. The molecule has 1 heterocycles. The normalized spacial score (nSPS) is 12.4. The molecule has 1 rings (SSSR count). The Bertz CT molecular complexity index is 272. The van der Waals surface area contributed by atoms with Crippen LogP contribution in [0.25, 0.3) is 0 Å². The summed E-state index contributed by atoms with van der Waals surface area (Å²) >= 11 is 0. The number of aromatic nitrogens is 2. The van der Waals surface area contributed by atoms with Gasteiger partial charge < -0.3 is 10.1 Å². The molecule has 0 radical (unpaired) electrons. The van der Waals surface area contributed by atoms with Crippen molar-refractivity contribution in [3.63, 3.8) is 0 Å². The molecule has 0 aliphatic carbocycles. The first-order valence-corrected chi connectivity index (χ1v) is 4.49. The average Bonchev–Trinajstić information content (AvgIpc) is 2.67. The molecular formula is C9H15N3O2. The second kappa shape index (κ2) is 5.39. The van der Waals surface area contributed by atoms with Crippen LogP contribution in [0.15, 0.2) is 18.7 Å². The lowest BCUT2D eigenvalue weighted by Crippen LogP contribution is -2.32. The average molecular weight is 197 g/mol. The van der Waals surface area contributed by atoms with Gasteiger partial charge in [0.25, 0.3) is 0 Å². The predicted molar refractivity (Wildman–Crippen MR) is 52.1 cm³/mol. The monoisotopic (exact) mass is 197 g/mol. The van der Waals surface area contributed by atoms with Crippen LogP contribution in [0.5, 0.6) is 0 Å². The van der Waals surface area contributed by atoms with E-state index in [1.165, 1.54) is 10.9 Å². The largest absolute Gasteiger partial charge is 0.384 e. The first kappa shape index (κ1) is 10.7. The first-order chi connectivity index (χ1) is 6.74. The lowest BCUT2D eigenvalue weighted by molar-refractivity contribution is 0.158. The molecule has 1 unspecified atom stereocenters. The van der Waals surface area contributed by atoms with Crippen LogP contribution in [-0.4, -0.2) is 35.8 Å². The molecule has 5 heteroatoms. The number of rotatable bonds is 4. The van der Waals surface area contributed by atoms with E-state index >= 15 is 0 Å². The van der Waals surface area contributed by atoms with Gasteiger partial charge in [-0.3, -0.25) is 4.57 Å². The Labute approximate surface area is 83.1 Å². The van der Waals surface area contributed by atoms with Crippen molar-refractivity contribution < 1.29 is 9.53 Å². The second-order valence-corrected chi connectivity index (χ2v) is 3.22. The third-order valence-electron chi connectivity index (χ3n) is 1.79. The lowest BCUT2D eigenvalue weighted by Gasteiger charge is -2.11. The van der Waals surface area contributed by atoms with Crippen molar-refractivity contribution in [3.05, 3.63) is 18.7 Å². The maximum Gasteiger partial charge on any atom is 0.326 e. The van der Waals surface area contributed by atoms with Crippen LogP contribution in [0.1, 0.15) is 6.92 Å². The van der Waals surface area contributed by atoms with Crippen molar-refractivity contribution in [2.75, 3.05) is 20.3 Å². The zero-order chi connectivity index (χ0) is 10.4. The highest BCUT2D eigenvalue weighted by atomic mass is 16.5. The SMILES string of the molecule is COCC(C)CNC(=O)n1ccnc1. The molecule has 1 aromatic rings. The van der Waals surface area contributed by atoms with Crippen LogP contribution in [0.2, 0.25) is 0 Å². The van der Waals surface area contributed by atoms with Crippen LogP contribution >= 0.6 is 0 Å². The molecule has 1 N–H and O–H groups in total. The molecular weight excluding hydrogens is 182 g/mol. The van der Waals surface area contributed by atoms with Gasteiger partial charge in [-0.25, -0.2) is 9.78 Å². The number of hydrogen-bond acceptors (Lipinski definition) is 3. The summed E-state index contributed by atoms with van der Waals surface area (Å²) in [6, 6.07) is -0.162. The molecule has 1 amide bonds. The highest BCUT2D eigenvalue weighted by Gasteiger charge is 2.05. The first-order valence-electron chi connectivity index (χ1n) is 4.49. The molecule has 1 aromatic heterocycles. The maximum absolute atomic E-state index is 11.4. The summed E-state index contributed by atoms with van der Waals surface area (Å²) in [5.41, 5.74) is 0. The smallest absolute Gasteiger partial charge is 0.326 e. The number of nitrogens with zero attached hydrogens (tertiary/aromatic N) is 2. The molecule has 0 fully saturated rings. The fourth-order valence-corrected chi connectivity index (χ4v) is 1.08. The van der Waals surface area contributed by atoms with Gasteiger partial charge in [-0.2, -0.15) is 0 Å². The fraction of sp³-hybridized carbons (Fsp3) is 0.556. The Balaban J connectivity index is 2.28. The Morgan fingerprint density at radius 1 is 1.71 bits per heavy atom. The van der Waals surface area contributed by atoms with Gasteiger partial charge in [0.2, 0.25) is 0 Å². The van der Waals surface area contributed by atoms with Crippen molar-refractivity contribution in [3.8, 4) is 0 Å². The van der Waals surface area contributed by atoms with Gasteiger partial charge in [0.15, 0.2) is 0 Å². The number of nitrogens with one attached hydrogen (secondary N) is 1. The van der Waals surface area contributed by atoms with Crippen molar-refractivity contribution >= 4 is 6.03 Å². The van der Waals surface area contributed by atoms with E-state index in [0.29, 0.717) is 19.1 Å². The molecule has 0 saturated carbocycles. The van der Waals surface area contributed by atoms with Gasteiger partial charge in [0.05, 0.1) is 6.61 Å². The third-order valence-corrected chi connectivity index (χ3v) is 1.79. The third kappa shape index (κ3) is 3.18. The number of imidazole rings is 1. The summed E-state index contributed by atoms with van der Waals surface area (Å²) in [7, 11) is 1.65. The number of carbonyl (C=O) groups excluding carboxylic acids is 1. The van der Waals surface area contributed by atoms with Gasteiger partial charge in [0.1, 0.15) is 6.33 Å². The molecule has 0 spiro atoms. The minimum absolute atomic E-state index is 0.162. The van der Waals surface area contributed by atoms with E-state index in [-0.39, 0.29) is 6.03 Å². The van der Waals surface area contributed by atoms with Crippen molar-refractivity contribution in [1.29, 1.82) is 0 Å². The summed E-state index contributed by atoms with van der Waals surface area (Å²) in [5.74, 6) is 0.312. The van der Waals surface area contributed by atoms with Crippen LogP contribution in [0, 0.1) is 5.92 Å². The number of carbonyl (C=O) groups is 1. The van der Waals surface area contributed by atoms with Crippen molar-refractivity contribution in [2.24, 2.45) is 5.92 Å². The van der Waals surface area contributed by atoms with Gasteiger partial charge in [-0.1, -0.05) is 6.92 Å². The fourth-order valence-electron chi connectivity index (χ4n) is 1.08. The highest BCUT2D eigenvalue weighted by molar-refractivity contribution is 5.76. The van der Waals surface area contributed by atoms with Crippen molar-refractivity contribution in [2.45, 2.75) is 6.92 Å². The standard InChI is InChI=1S/C9H15N3O2/c1-8(6-14-2)5-11-9(13)12-4-3-10-7-12/h3-4,7-8H,5-6H2,1-2H3,(H,11,13). The number of ether oxygens (including phenoxy) is 1. The second-order valence-electron chi connectivity index (χ2n) is 3.22. The zero-order valence-corrected chi connectivity index (χ0v) is 8.43. The molecule has 14 heavy (non-hydrogen) atoms. The van der Waals surface area contributed by atoms with E-state index in [4.69, 9.17) is 4.74 Å². The number of hydrogen-bond donors (Lipinski definition) is 1. The van der Waals surface area contributed by atoms with E-state index in [2.05, 4.69) is 10.3 Å². The van der Waals surface area contributed by atoms with Crippen LogP contribution in [-0.2, 0) is 4.74 Å². The molecule has 78 valence electrons. The van der Waals surface area contributed by atoms with Gasteiger partial charge in [-0.15, -0.1) is 0 Å². The summed E-state index contributed by atoms with van der Waals surface area (Å²) in [6.45, 7) is 3.26. The minimum atomic E-state index is -0.162. The summed E-state index contributed by atoms with van der Waals surface area (Å²) in [5, 5.41) is 2.77. The van der Waals surface area contributed by atoms with Crippen LogP contribution < -0.4 is 5.32 Å². The van der Waals surface area contributed by atoms with Gasteiger partial charge in [0, 0.05) is 26.0 Å². The Kier molecular flexibility index (Phi) is 4.12. The zero-order valence-electron chi connectivity index (χ0n) is 8.43. The van der Waals surface area contributed by atoms with Gasteiger partial charge in [-0.05, 0) is 5.92 Å². The Morgan fingerprint density at radius 3 is 3.07 bits per heavy atom. The highest BCUT2D eigenvalue weighted by Crippen LogP contribution is 1.93. The van der Waals surface area contributed by atoms with Crippen LogP contribution in [0.3, 0.4) is 0 Å². The summed E-state index contributed by atoms with van der Waals surface area (Å²) in [6.07, 6.45) is 4.64. The molecule has 0 aliphatic heterocycles. The maximum atomic E-state index is 11.4. The molecule has 0 saturated heterocycles. The van der Waals surface area contributed by atoms with E-state index in [0.717, 1.165) is 0 Å². The molecule has 5 nitrogen and oxygen atoms in total. The summed E-state index contributed by atoms with van der Waals surface area (Å²) in [4.78, 5) is 15.2. The van der Waals surface area contributed by atoms with E-state index in [1.807, 2.05) is 6.92 Å². The molecule has 1 atom stereocenters. The lowest BCUT2D eigenvalue weighted by atomic mass is 10.2. The predicted octanol–water partition coefficient (Wildman–Crippen LogP) is 0.723. The number of methoxy groups -OCH3 is 1. The number of amides is 1. The molecule has 0 bridgehead atoms. The molecule has 0 aromatic carbocycles. The van der Waals surface area contributed by atoms with Crippen LogP contribution in [0.4, 0.5) is 4.79 Å². The van der Waals surface area contributed by atoms with E-state index in [1.54, 1.807) is 19.5 Å². The summed E-state index contributed by atoms with van der Waals surface area (Å²) < 4.78 is 6.36. The quantitative estimate of drug-likeness (QED) is 0.774. The Morgan fingerprint density at radius 2 is 2.50 bits per heavy atom. The topological polar surface area (TPSA) is 56.1 Å². The molecule has 0 aliphatic rings. The van der Waals surface area contributed by atoms with E-state index < -0.39 is 0 Å². The Hall–Kier alpha value is -1.36. The van der Waals surface area contributed by atoms with Crippen molar-refractivity contribution in [1.82, 2.24) is 14.9 Å².